The fourth-order valence-electron chi connectivity index (χ4n) is 6.34. The van der Waals surface area contributed by atoms with Crippen molar-refractivity contribution in [1.82, 2.24) is 5.32 Å². The van der Waals surface area contributed by atoms with Gasteiger partial charge in [-0.25, -0.2) is 8.37 Å². The summed E-state index contributed by atoms with van der Waals surface area (Å²) in [6.45, 7) is -0.323. The van der Waals surface area contributed by atoms with E-state index in [-0.39, 0.29) is 19.0 Å². The Morgan fingerprint density at radius 3 is 1.95 bits per heavy atom. The number of carbonyl (C=O) groups excluding carboxylic acids is 2. The van der Waals surface area contributed by atoms with Crippen molar-refractivity contribution in [1.29, 1.82) is 0 Å². The summed E-state index contributed by atoms with van der Waals surface area (Å²) in [5.74, 6) is -1.33. The van der Waals surface area contributed by atoms with Gasteiger partial charge in [0.25, 0.3) is 0 Å². The number of unbranched alkanes of at least 4 members (excludes halogenated alkanes) is 5. The standard InChI is InChI=1S/C30H53NO24S2/c1-14-19(35)21(37)22(38)27(50-14)54-26-24(53-28-23(39)25(55-57(44,45)46)20(36)16(12-32)51-28)17(13-49-56(41,42)43)52-29(30(26,40)31-15(2)33)48-11-9-7-5-4-6-8-10-18(34)47-3/h14,16-17,19-29,32,35-40H,4-13H2,1-3H3,(H,31,33)(H,41,42,43)(H,44,45,46)/t14-,16+,17+,19+,20-,21+,22-,23+,24+,25-,26-,27?,28-,29+,30+/m0/s1. The number of aliphatic hydroxyl groups excluding tert-OH is 6. The molecule has 3 aliphatic rings. The Hall–Kier alpha value is -1.84. The lowest BCUT2D eigenvalue weighted by Gasteiger charge is -2.53. The third-order valence-electron chi connectivity index (χ3n) is 9.22. The summed E-state index contributed by atoms with van der Waals surface area (Å²) in [4.78, 5) is 24.0. The van der Waals surface area contributed by atoms with E-state index in [9.17, 15) is 71.3 Å². The van der Waals surface area contributed by atoms with Crippen molar-refractivity contribution in [3.05, 3.63) is 0 Å². The first-order valence-corrected chi connectivity index (χ1v) is 20.5. The molecule has 0 aromatic rings. The van der Waals surface area contributed by atoms with Gasteiger partial charge in [-0.2, -0.15) is 16.8 Å². The summed E-state index contributed by atoms with van der Waals surface area (Å²) >= 11 is 0. The Labute approximate surface area is 327 Å². The average molecular weight is 876 g/mol. The third kappa shape index (κ3) is 14.1. The van der Waals surface area contributed by atoms with Gasteiger partial charge >= 0.3 is 26.8 Å². The number of rotatable bonds is 21. The molecule has 0 radical (unpaired) electrons. The minimum absolute atomic E-state index is 0.210. The van der Waals surface area contributed by atoms with E-state index in [0.717, 1.165) is 19.8 Å². The van der Waals surface area contributed by atoms with E-state index >= 15 is 0 Å². The molecule has 15 atom stereocenters. The molecule has 3 fully saturated rings. The van der Waals surface area contributed by atoms with E-state index in [1.54, 1.807) is 0 Å². The zero-order valence-electron chi connectivity index (χ0n) is 31.1. The van der Waals surface area contributed by atoms with Crippen LogP contribution in [0.15, 0.2) is 0 Å². The van der Waals surface area contributed by atoms with Crippen LogP contribution in [0.4, 0.5) is 0 Å². The summed E-state index contributed by atoms with van der Waals surface area (Å²) in [5.41, 5.74) is -2.98. The fourth-order valence-corrected chi connectivity index (χ4v) is 7.16. The zero-order chi connectivity index (χ0) is 42.9. The first kappa shape index (κ1) is 49.5. The number of hydrogen-bond acceptors (Lipinski definition) is 22. The number of methoxy groups -OCH3 is 1. The summed E-state index contributed by atoms with van der Waals surface area (Å²) < 4.78 is 113. The van der Waals surface area contributed by atoms with Crippen LogP contribution in [0.2, 0.25) is 0 Å². The number of carbonyl (C=O) groups is 2. The Morgan fingerprint density at radius 1 is 0.754 bits per heavy atom. The van der Waals surface area contributed by atoms with E-state index in [1.807, 2.05) is 0 Å². The third-order valence-corrected chi connectivity index (χ3v) is 10.1. The van der Waals surface area contributed by atoms with Crippen molar-refractivity contribution < 1.29 is 113 Å². The minimum Gasteiger partial charge on any atom is -0.469 e. The van der Waals surface area contributed by atoms with Crippen molar-refractivity contribution in [3.63, 3.8) is 0 Å². The van der Waals surface area contributed by atoms with Gasteiger partial charge in [0, 0.05) is 20.0 Å². The first-order valence-electron chi connectivity index (χ1n) is 17.8. The molecule has 0 spiro atoms. The van der Waals surface area contributed by atoms with Crippen LogP contribution in [-0.2, 0) is 71.9 Å². The smallest absolute Gasteiger partial charge is 0.397 e. The van der Waals surface area contributed by atoms with Gasteiger partial charge < -0.3 is 74.2 Å². The second kappa shape index (κ2) is 21.6. The molecule has 57 heavy (non-hydrogen) atoms. The number of nitrogens with one attached hydrogen (secondary N) is 1. The second-order valence-corrected chi connectivity index (χ2v) is 15.7. The molecule has 0 saturated carbocycles. The maximum atomic E-state index is 12.6. The fraction of sp³-hybridized carbons (Fsp3) is 0.933. The topological polar surface area (TPSA) is 380 Å². The van der Waals surface area contributed by atoms with Crippen molar-refractivity contribution in [2.75, 3.05) is 26.9 Å². The predicted molar refractivity (Wildman–Crippen MR) is 181 cm³/mol. The SMILES string of the molecule is COC(=O)CCCCCCCCO[C@@H]1O[C@H](COS(=O)(=O)O)[C@@H](O[C@@H]2O[C@H](CO)[C@H](O)[C@H](OS(=O)(=O)O)[C@H]2O)[C@H](OC2O[C@@H](C)[C@@H](O)[C@@H](O)[C@@H]2O)[C@]1(O)NC(C)=O. The molecule has 3 rings (SSSR count). The van der Waals surface area contributed by atoms with Crippen LogP contribution >= 0.6 is 0 Å². The molecule has 0 bridgehead atoms. The first-order chi connectivity index (χ1) is 26.5. The van der Waals surface area contributed by atoms with E-state index in [2.05, 4.69) is 18.4 Å². The van der Waals surface area contributed by atoms with Gasteiger partial charge in [0.05, 0.1) is 26.4 Å². The summed E-state index contributed by atoms with van der Waals surface area (Å²) in [6, 6.07) is 0. The van der Waals surface area contributed by atoms with Gasteiger partial charge in [-0.3, -0.25) is 18.7 Å². The molecule has 27 heteroatoms. The van der Waals surface area contributed by atoms with Gasteiger partial charge in [0.1, 0.15) is 61.0 Å². The zero-order valence-corrected chi connectivity index (χ0v) is 32.8. The lowest BCUT2D eigenvalue weighted by molar-refractivity contribution is -0.409. The molecule has 1 unspecified atom stereocenters. The quantitative estimate of drug-likeness (QED) is 0.0225. The number of ether oxygens (including phenoxy) is 7. The highest BCUT2D eigenvalue weighted by Gasteiger charge is 2.62. The Bertz CT molecular complexity index is 1510. The van der Waals surface area contributed by atoms with Gasteiger partial charge in [-0.1, -0.05) is 25.7 Å². The normalized spacial score (nSPS) is 37.8. The molecule has 10 N–H and O–H groups in total. The van der Waals surface area contributed by atoms with Crippen molar-refractivity contribution in [2.45, 2.75) is 151 Å². The maximum absolute atomic E-state index is 12.6. The summed E-state index contributed by atoms with van der Waals surface area (Å²) in [6.07, 6.45) is -24.6. The Morgan fingerprint density at radius 2 is 1.37 bits per heavy atom. The van der Waals surface area contributed by atoms with Gasteiger partial charge in [0.2, 0.25) is 17.9 Å². The van der Waals surface area contributed by atoms with Crippen LogP contribution in [0.3, 0.4) is 0 Å². The van der Waals surface area contributed by atoms with Gasteiger partial charge in [-0.15, -0.1) is 0 Å². The lowest BCUT2D eigenvalue weighted by Crippen LogP contribution is -2.76. The van der Waals surface area contributed by atoms with Crippen LogP contribution in [0.1, 0.15) is 58.8 Å². The highest BCUT2D eigenvalue weighted by molar-refractivity contribution is 7.81. The van der Waals surface area contributed by atoms with Crippen LogP contribution in [0, 0.1) is 0 Å². The highest BCUT2D eigenvalue weighted by atomic mass is 32.3. The molecule has 1 amide bonds. The number of hydrogen-bond donors (Lipinski definition) is 10. The van der Waals surface area contributed by atoms with Crippen LogP contribution < -0.4 is 5.32 Å². The highest BCUT2D eigenvalue weighted by Crippen LogP contribution is 2.38. The maximum Gasteiger partial charge on any atom is 0.397 e. The van der Waals surface area contributed by atoms with Crippen molar-refractivity contribution >= 4 is 32.7 Å². The molecule has 3 aliphatic heterocycles. The van der Waals surface area contributed by atoms with Crippen molar-refractivity contribution in [2.24, 2.45) is 0 Å². The molecular weight excluding hydrogens is 822 g/mol. The van der Waals surface area contributed by atoms with E-state index < -0.39 is 132 Å². The largest absolute Gasteiger partial charge is 0.469 e. The van der Waals surface area contributed by atoms with Gasteiger partial charge in [-0.05, 0) is 19.8 Å². The molecule has 25 nitrogen and oxygen atoms in total. The molecule has 0 aromatic carbocycles. The van der Waals surface area contributed by atoms with Crippen LogP contribution in [0.5, 0.6) is 0 Å². The lowest BCUT2D eigenvalue weighted by atomic mass is 9.91. The number of esters is 1. The predicted octanol–water partition coefficient (Wildman–Crippen LogP) is -4.50. The van der Waals surface area contributed by atoms with Gasteiger partial charge in [0.15, 0.2) is 12.6 Å². The Kier molecular flexibility index (Phi) is 18.8. The monoisotopic (exact) mass is 875 g/mol. The molecule has 3 saturated heterocycles. The van der Waals surface area contributed by atoms with Crippen molar-refractivity contribution in [3.8, 4) is 0 Å². The minimum atomic E-state index is -5.41. The van der Waals surface area contributed by atoms with Crippen LogP contribution in [-0.4, -0.2) is 192 Å². The molecule has 0 aliphatic carbocycles. The Balaban J connectivity index is 2.03. The summed E-state index contributed by atoms with van der Waals surface area (Å²) in [5, 5.41) is 77.5. The molecule has 334 valence electrons. The molecule has 0 aromatic heterocycles. The van der Waals surface area contributed by atoms with Crippen LogP contribution in [0.25, 0.3) is 0 Å². The van der Waals surface area contributed by atoms with E-state index in [1.165, 1.54) is 14.0 Å². The number of aliphatic hydroxyl groups is 7. The van der Waals surface area contributed by atoms with E-state index in [4.69, 9.17) is 28.4 Å². The average Bonchev–Trinajstić information content (AvgIpc) is 3.11. The van der Waals surface area contributed by atoms with E-state index in [0.29, 0.717) is 25.7 Å². The molecule has 3 heterocycles. The number of amides is 1. The molecular formula is C30H53NO24S2. The summed E-state index contributed by atoms with van der Waals surface area (Å²) in [7, 11) is -9.41. The second-order valence-electron chi connectivity index (χ2n) is 13.6.